The lowest BCUT2D eigenvalue weighted by atomic mass is 10.1. The van der Waals surface area contributed by atoms with Gasteiger partial charge in [0.05, 0.1) is 0 Å². The Bertz CT molecular complexity index is 1160. The highest BCUT2D eigenvalue weighted by Crippen LogP contribution is 2.17. The van der Waals surface area contributed by atoms with Gasteiger partial charge in [-0.25, -0.2) is 0 Å². The minimum atomic E-state index is -1.87. The highest BCUT2D eigenvalue weighted by molar-refractivity contribution is 5.90. The van der Waals surface area contributed by atoms with Gasteiger partial charge in [0.2, 0.25) is 0 Å². The second-order valence-electron chi connectivity index (χ2n) is 8.85. The van der Waals surface area contributed by atoms with Crippen LogP contribution in [0.5, 0.6) is 11.5 Å². The van der Waals surface area contributed by atoms with Crippen LogP contribution in [0.3, 0.4) is 0 Å². The van der Waals surface area contributed by atoms with Crippen LogP contribution in [0, 0.1) is 0 Å². The number of aliphatic hydroxyl groups is 2. The number of ether oxygens (including phenoxy) is 1. The number of phenolic OH excluding ortho intramolecular Hbond substituents is 1. The first kappa shape index (κ1) is 26.0. The average molecular weight is 506 g/mol. The molecule has 2 amide bonds. The number of carbonyl (C=O) groups excluding carboxylic acids is 2. The summed E-state index contributed by atoms with van der Waals surface area (Å²) in [6.07, 6.45) is -3.70. The summed E-state index contributed by atoms with van der Waals surface area (Å²) in [4.78, 5) is 28.7. The smallest absolute Gasteiger partial charge is 0.254 e. The number of piperazine rings is 1. The molecule has 0 radical (unpaired) electrons. The number of anilines is 1. The van der Waals surface area contributed by atoms with Crippen molar-refractivity contribution < 1.29 is 29.6 Å². The van der Waals surface area contributed by atoms with Crippen LogP contribution < -0.4 is 15.0 Å². The Kier molecular flexibility index (Phi) is 8.60. The Morgan fingerprint density at radius 2 is 1.43 bits per heavy atom. The SMILES string of the molecule is O=C(NCc1ccc(OCc2ccc(O)cc2)cc1)[C@H](O)[C@@H](O)C(=O)N1CCN(c2ccccc2)CC1. The molecule has 37 heavy (non-hydrogen) atoms. The molecule has 1 aliphatic heterocycles. The van der Waals surface area contributed by atoms with E-state index in [1.165, 1.54) is 4.90 Å². The van der Waals surface area contributed by atoms with Crippen molar-refractivity contribution in [2.45, 2.75) is 25.4 Å². The van der Waals surface area contributed by atoms with Gasteiger partial charge < -0.3 is 35.2 Å². The molecule has 0 spiro atoms. The lowest BCUT2D eigenvalue weighted by Gasteiger charge is -2.37. The van der Waals surface area contributed by atoms with Crippen LogP contribution in [-0.4, -0.2) is 70.4 Å². The number of carbonyl (C=O) groups is 2. The molecular formula is C28H31N3O6. The standard InChI is InChI=1S/C28H31N3O6/c32-23-10-6-21(7-11-23)19-37-24-12-8-20(9-13-24)18-29-27(35)25(33)26(34)28(36)31-16-14-30(15-17-31)22-4-2-1-3-5-22/h1-13,25-26,32-34H,14-19H2,(H,29,35)/t25-,26-/m1/s1. The van der Waals surface area contributed by atoms with Crippen LogP contribution in [0.25, 0.3) is 0 Å². The van der Waals surface area contributed by atoms with Crippen molar-refractivity contribution in [3.05, 3.63) is 90.0 Å². The number of nitrogens with one attached hydrogen (secondary N) is 1. The predicted octanol–water partition coefficient (Wildman–Crippen LogP) is 1.66. The fourth-order valence-corrected chi connectivity index (χ4v) is 4.05. The molecule has 194 valence electrons. The molecular weight excluding hydrogens is 474 g/mol. The van der Waals surface area contributed by atoms with Crippen molar-refractivity contribution in [3.8, 4) is 11.5 Å². The molecule has 0 aliphatic carbocycles. The molecule has 1 aliphatic rings. The fraction of sp³-hybridized carbons (Fsp3) is 0.286. The van der Waals surface area contributed by atoms with Gasteiger partial charge in [-0.3, -0.25) is 9.59 Å². The van der Waals surface area contributed by atoms with Crippen LogP contribution in [-0.2, 0) is 22.7 Å². The third-order valence-corrected chi connectivity index (χ3v) is 6.27. The molecule has 9 heteroatoms. The first-order chi connectivity index (χ1) is 17.9. The topological polar surface area (TPSA) is 123 Å². The summed E-state index contributed by atoms with van der Waals surface area (Å²) in [7, 11) is 0. The van der Waals surface area contributed by atoms with E-state index in [0.29, 0.717) is 38.5 Å². The van der Waals surface area contributed by atoms with E-state index in [0.717, 1.165) is 16.8 Å². The van der Waals surface area contributed by atoms with Crippen LogP contribution in [0.1, 0.15) is 11.1 Å². The molecule has 4 rings (SSSR count). The maximum atomic E-state index is 12.7. The number of hydrogen-bond donors (Lipinski definition) is 4. The Balaban J connectivity index is 1.20. The Hall–Kier alpha value is -4.08. The van der Waals surface area contributed by atoms with E-state index in [1.54, 1.807) is 48.5 Å². The van der Waals surface area contributed by atoms with Crippen LogP contribution in [0.2, 0.25) is 0 Å². The summed E-state index contributed by atoms with van der Waals surface area (Å²) in [6, 6.07) is 23.6. The van der Waals surface area contributed by atoms with Crippen LogP contribution in [0.4, 0.5) is 5.69 Å². The summed E-state index contributed by atoms with van der Waals surface area (Å²) >= 11 is 0. The molecule has 2 atom stereocenters. The Labute approximate surface area is 215 Å². The van der Waals surface area contributed by atoms with Gasteiger partial charge >= 0.3 is 0 Å². The number of phenols is 1. The van der Waals surface area contributed by atoms with Gasteiger partial charge in [-0.15, -0.1) is 0 Å². The Morgan fingerprint density at radius 1 is 0.811 bits per heavy atom. The highest BCUT2D eigenvalue weighted by Gasteiger charge is 2.34. The zero-order valence-electron chi connectivity index (χ0n) is 20.4. The number of para-hydroxylation sites is 1. The summed E-state index contributed by atoms with van der Waals surface area (Å²) in [6.45, 7) is 2.43. The number of aliphatic hydroxyl groups excluding tert-OH is 2. The third-order valence-electron chi connectivity index (χ3n) is 6.27. The minimum absolute atomic E-state index is 0.116. The van der Waals surface area contributed by atoms with Crippen LogP contribution >= 0.6 is 0 Å². The van der Waals surface area contributed by atoms with Gasteiger partial charge in [0.1, 0.15) is 18.1 Å². The maximum absolute atomic E-state index is 12.7. The van der Waals surface area contributed by atoms with E-state index in [1.807, 2.05) is 30.3 Å². The largest absolute Gasteiger partial charge is 0.508 e. The molecule has 0 unspecified atom stereocenters. The molecule has 3 aromatic carbocycles. The molecule has 0 saturated carbocycles. The lowest BCUT2D eigenvalue weighted by Crippen LogP contribution is -2.55. The number of rotatable bonds is 9. The quantitative estimate of drug-likeness (QED) is 0.349. The van der Waals surface area contributed by atoms with Gasteiger partial charge in [-0.05, 0) is 47.5 Å². The van der Waals surface area contributed by atoms with Crippen molar-refractivity contribution in [1.82, 2.24) is 10.2 Å². The fourth-order valence-electron chi connectivity index (χ4n) is 4.05. The number of amides is 2. The monoisotopic (exact) mass is 505 g/mol. The minimum Gasteiger partial charge on any atom is -0.508 e. The maximum Gasteiger partial charge on any atom is 0.254 e. The zero-order valence-corrected chi connectivity index (χ0v) is 20.4. The number of nitrogens with zero attached hydrogens (tertiary/aromatic N) is 2. The van der Waals surface area contributed by atoms with E-state index < -0.39 is 24.0 Å². The van der Waals surface area contributed by atoms with Crippen molar-refractivity contribution in [1.29, 1.82) is 0 Å². The van der Waals surface area contributed by atoms with E-state index >= 15 is 0 Å². The van der Waals surface area contributed by atoms with Crippen molar-refractivity contribution in [3.63, 3.8) is 0 Å². The van der Waals surface area contributed by atoms with E-state index in [2.05, 4.69) is 10.2 Å². The Morgan fingerprint density at radius 3 is 2.08 bits per heavy atom. The van der Waals surface area contributed by atoms with Crippen molar-refractivity contribution in [2.75, 3.05) is 31.1 Å². The summed E-state index contributed by atoms with van der Waals surface area (Å²) < 4.78 is 5.71. The number of benzene rings is 3. The molecule has 3 aromatic rings. The molecule has 1 saturated heterocycles. The van der Waals surface area contributed by atoms with Crippen LogP contribution in [0.15, 0.2) is 78.9 Å². The summed E-state index contributed by atoms with van der Waals surface area (Å²) in [5.74, 6) is -0.655. The molecule has 4 N–H and O–H groups in total. The first-order valence-corrected chi connectivity index (χ1v) is 12.1. The summed E-state index contributed by atoms with van der Waals surface area (Å²) in [5, 5.41) is 32.5. The normalized spacial score (nSPS) is 15.1. The molecule has 0 aromatic heterocycles. The lowest BCUT2D eigenvalue weighted by molar-refractivity contribution is -0.153. The number of hydrogen-bond acceptors (Lipinski definition) is 7. The van der Waals surface area contributed by atoms with Gasteiger partial charge in [0.15, 0.2) is 12.2 Å². The van der Waals surface area contributed by atoms with E-state index in [-0.39, 0.29) is 12.3 Å². The second kappa shape index (κ2) is 12.2. The van der Waals surface area contributed by atoms with Gasteiger partial charge in [-0.2, -0.15) is 0 Å². The highest BCUT2D eigenvalue weighted by atomic mass is 16.5. The predicted molar refractivity (Wildman–Crippen MR) is 138 cm³/mol. The third kappa shape index (κ3) is 6.99. The van der Waals surface area contributed by atoms with E-state index in [4.69, 9.17) is 4.74 Å². The first-order valence-electron chi connectivity index (χ1n) is 12.1. The second-order valence-corrected chi connectivity index (χ2v) is 8.85. The van der Waals surface area contributed by atoms with E-state index in [9.17, 15) is 24.9 Å². The zero-order chi connectivity index (χ0) is 26.2. The van der Waals surface area contributed by atoms with Crippen molar-refractivity contribution in [2.24, 2.45) is 0 Å². The van der Waals surface area contributed by atoms with Gasteiger partial charge in [-0.1, -0.05) is 42.5 Å². The molecule has 0 bridgehead atoms. The molecule has 9 nitrogen and oxygen atoms in total. The molecule has 1 fully saturated rings. The van der Waals surface area contributed by atoms with Gasteiger partial charge in [0.25, 0.3) is 11.8 Å². The van der Waals surface area contributed by atoms with Gasteiger partial charge in [0, 0.05) is 38.4 Å². The van der Waals surface area contributed by atoms with Crippen molar-refractivity contribution >= 4 is 17.5 Å². The molecule has 1 heterocycles. The average Bonchev–Trinajstić information content (AvgIpc) is 2.95. The number of aromatic hydroxyl groups is 1. The summed E-state index contributed by atoms with van der Waals surface area (Å²) in [5.41, 5.74) is 2.73.